The SMILES string of the molecule is CC1NNC(C)C1S(=O)(=O)N1CCc2c(c(CN(C(=O)c3ccccc3)c3ccccc3)nn2C)C1. The summed E-state index contributed by atoms with van der Waals surface area (Å²) in [5.41, 5.74) is 10.1. The third-order valence-corrected chi connectivity index (χ3v) is 9.70. The maximum atomic E-state index is 13.6. The van der Waals surface area contributed by atoms with E-state index in [-0.39, 0.29) is 31.1 Å². The highest BCUT2D eigenvalue weighted by molar-refractivity contribution is 7.89. The molecule has 0 saturated carbocycles. The third-order valence-electron chi connectivity index (χ3n) is 7.16. The summed E-state index contributed by atoms with van der Waals surface area (Å²) in [6, 6.07) is 18.3. The minimum Gasteiger partial charge on any atom is -0.302 e. The number of sulfonamides is 1. The molecule has 2 N–H and O–H groups in total. The number of carbonyl (C=O) groups excluding carboxylic acids is 1. The van der Waals surface area contributed by atoms with Crippen molar-refractivity contribution in [1.82, 2.24) is 24.9 Å². The van der Waals surface area contributed by atoms with Crippen molar-refractivity contribution in [3.63, 3.8) is 0 Å². The molecule has 0 spiro atoms. The van der Waals surface area contributed by atoms with Crippen LogP contribution in [-0.4, -0.2) is 52.3 Å². The van der Waals surface area contributed by atoms with Crippen LogP contribution in [0.25, 0.3) is 0 Å². The summed E-state index contributed by atoms with van der Waals surface area (Å²) in [5.74, 6) is -0.132. The number of benzene rings is 2. The summed E-state index contributed by atoms with van der Waals surface area (Å²) in [4.78, 5) is 15.3. The highest BCUT2D eigenvalue weighted by Crippen LogP contribution is 2.30. The second-order valence-electron chi connectivity index (χ2n) is 9.55. The first-order valence-corrected chi connectivity index (χ1v) is 13.7. The van der Waals surface area contributed by atoms with Gasteiger partial charge >= 0.3 is 0 Å². The quantitative estimate of drug-likeness (QED) is 0.530. The van der Waals surface area contributed by atoms with Gasteiger partial charge in [-0.25, -0.2) is 8.42 Å². The van der Waals surface area contributed by atoms with Crippen LogP contribution in [0.4, 0.5) is 5.69 Å². The lowest BCUT2D eigenvalue weighted by Gasteiger charge is -2.32. The Kier molecular flexibility index (Phi) is 6.69. The smallest absolute Gasteiger partial charge is 0.258 e. The Balaban J connectivity index is 1.48. The van der Waals surface area contributed by atoms with Gasteiger partial charge in [0.2, 0.25) is 10.0 Å². The van der Waals surface area contributed by atoms with Gasteiger partial charge in [0.1, 0.15) is 5.25 Å². The van der Waals surface area contributed by atoms with Crippen molar-refractivity contribution in [1.29, 1.82) is 0 Å². The molecule has 1 saturated heterocycles. The molecule has 3 aromatic rings. The predicted octanol–water partition coefficient (Wildman–Crippen LogP) is 2.21. The van der Waals surface area contributed by atoms with E-state index in [1.807, 2.05) is 74.1 Å². The number of carbonyl (C=O) groups is 1. The van der Waals surface area contributed by atoms with Crippen molar-refractivity contribution < 1.29 is 13.2 Å². The van der Waals surface area contributed by atoms with E-state index >= 15 is 0 Å². The average Bonchev–Trinajstić information content (AvgIpc) is 3.40. The van der Waals surface area contributed by atoms with Gasteiger partial charge in [0, 0.05) is 61.1 Å². The van der Waals surface area contributed by atoms with Crippen molar-refractivity contribution in [3.05, 3.63) is 83.2 Å². The van der Waals surface area contributed by atoms with Gasteiger partial charge in [-0.1, -0.05) is 36.4 Å². The number of amides is 1. The lowest BCUT2D eigenvalue weighted by Crippen LogP contribution is -2.48. The van der Waals surface area contributed by atoms with E-state index in [2.05, 4.69) is 10.9 Å². The van der Waals surface area contributed by atoms with Crippen LogP contribution >= 0.6 is 0 Å². The van der Waals surface area contributed by atoms with E-state index in [0.717, 1.165) is 16.9 Å². The zero-order valence-corrected chi connectivity index (χ0v) is 21.6. The third kappa shape index (κ3) is 4.45. The Labute approximate surface area is 212 Å². The van der Waals surface area contributed by atoms with Gasteiger partial charge in [-0.2, -0.15) is 9.40 Å². The number of rotatable bonds is 6. The van der Waals surface area contributed by atoms with Crippen molar-refractivity contribution >= 4 is 21.6 Å². The zero-order valence-electron chi connectivity index (χ0n) is 20.8. The van der Waals surface area contributed by atoms with E-state index < -0.39 is 15.3 Å². The molecule has 0 bridgehead atoms. The Morgan fingerprint density at radius 2 is 1.64 bits per heavy atom. The molecule has 1 amide bonds. The van der Waals surface area contributed by atoms with E-state index in [4.69, 9.17) is 5.10 Å². The maximum Gasteiger partial charge on any atom is 0.258 e. The molecule has 1 fully saturated rings. The van der Waals surface area contributed by atoms with Gasteiger partial charge in [0.25, 0.3) is 5.91 Å². The van der Waals surface area contributed by atoms with E-state index in [0.29, 0.717) is 24.2 Å². The number of para-hydroxylation sites is 1. The molecule has 2 atom stereocenters. The van der Waals surface area contributed by atoms with E-state index in [1.165, 1.54) is 0 Å². The first-order chi connectivity index (χ1) is 17.3. The monoisotopic (exact) mass is 508 g/mol. The minimum atomic E-state index is -3.56. The van der Waals surface area contributed by atoms with Crippen LogP contribution in [-0.2, 0) is 36.6 Å². The first-order valence-electron chi connectivity index (χ1n) is 12.2. The molecule has 10 heteroatoms. The fraction of sp³-hybridized carbons (Fsp3) is 0.385. The van der Waals surface area contributed by atoms with Crippen LogP contribution < -0.4 is 15.8 Å². The number of aryl methyl sites for hydroxylation is 1. The molecule has 190 valence electrons. The van der Waals surface area contributed by atoms with Gasteiger partial charge < -0.3 is 4.90 Å². The van der Waals surface area contributed by atoms with Crippen LogP contribution in [0.2, 0.25) is 0 Å². The molecule has 9 nitrogen and oxygen atoms in total. The first kappa shape index (κ1) is 24.6. The molecule has 1 aromatic heterocycles. The Hall–Kier alpha value is -3.05. The average molecular weight is 509 g/mol. The van der Waals surface area contributed by atoms with Gasteiger partial charge in [-0.3, -0.25) is 20.3 Å². The lowest BCUT2D eigenvalue weighted by atomic mass is 10.1. The summed E-state index contributed by atoms with van der Waals surface area (Å²) in [6.45, 7) is 4.68. The summed E-state index contributed by atoms with van der Waals surface area (Å²) >= 11 is 0. The second kappa shape index (κ2) is 9.78. The standard InChI is InChI=1S/C26H32N6O3S/c1-18-25(19(2)28-27-18)36(34,35)31-15-14-24-22(16-31)23(29-30(24)3)17-32(21-12-8-5-9-13-21)26(33)20-10-6-4-7-11-20/h4-13,18-19,25,27-28H,14-17H2,1-3H3. The van der Waals surface area contributed by atoms with E-state index in [9.17, 15) is 13.2 Å². The molecule has 2 aliphatic heterocycles. The molecule has 0 radical (unpaired) electrons. The van der Waals surface area contributed by atoms with Crippen molar-refractivity contribution in [2.24, 2.45) is 7.05 Å². The number of fused-ring (bicyclic) bond motifs is 1. The molecule has 2 aliphatic rings. The lowest BCUT2D eigenvalue weighted by molar-refractivity contribution is 0.0984. The Bertz CT molecular complexity index is 1330. The highest BCUT2D eigenvalue weighted by atomic mass is 32.2. The van der Waals surface area contributed by atoms with E-state index in [1.54, 1.807) is 21.3 Å². The van der Waals surface area contributed by atoms with Crippen molar-refractivity contribution in [2.45, 2.75) is 50.7 Å². The summed E-state index contributed by atoms with van der Waals surface area (Å²) in [6.07, 6.45) is 0.576. The molecular formula is C26H32N6O3S. The van der Waals surface area contributed by atoms with Crippen LogP contribution in [0.15, 0.2) is 60.7 Å². The fourth-order valence-corrected chi connectivity index (χ4v) is 7.48. The van der Waals surface area contributed by atoms with Crippen LogP contribution in [0.1, 0.15) is 41.2 Å². The van der Waals surface area contributed by atoms with Crippen LogP contribution in [0.5, 0.6) is 0 Å². The summed E-state index contributed by atoms with van der Waals surface area (Å²) in [7, 11) is -1.68. The normalized spacial score (nSPS) is 22.4. The number of hydrogen-bond acceptors (Lipinski definition) is 6. The number of hydrogen-bond donors (Lipinski definition) is 2. The van der Waals surface area contributed by atoms with Crippen LogP contribution in [0.3, 0.4) is 0 Å². The number of aromatic nitrogens is 2. The van der Waals surface area contributed by atoms with Gasteiger partial charge in [0.05, 0.1) is 12.2 Å². The largest absolute Gasteiger partial charge is 0.302 e. The predicted molar refractivity (Wildman–Crippen MR) is 139 cm³/mol. The molecule has 36 heavy (non-hydrogen) atoms. The molecule has 2 unspecified atom stereocenters. The maximum absolute atomic E-state index is 13.6. The molecule has 2 aromatic carbocycles. The summed E-state index contributed by atoms with van der Waals surface area (Å²) in [5, 5.41) is 4.20. The van der Waals surface area contributed by atoms with Gasteiger partial charge in [-0.05, 0) is 38.1 Å². The number of nitrogens with one attached hydrogen (secondary N) is 2. The van der Waals surface area contributed by atoms with Crippen molar-refractivity contribution in [2.75, 3.05) is 11.4 Å². The summed E-state index contributed by atoms with van der Waals surface area (Å²) < 4.78 is 30.7. The second-order valence-corrected chi connectivity index (χ2v) is 11.6. The Morgan fingerprint density at radius 1 is 1.03 bits per heavy atom. The molecular weight excluding hydrogens is 476 g/mol. The molecule has 5 rings (SSSR count). The van der Waals surface area contributed by atoms with Gasteiger partial charge in [-0.15, -0.1) is 0 Å². The molecule has 3 heterocycles. The minimum absolute atomic E-state index is 0.132. The van der Waals surface area contributed by atoms with Crippen molar-refractivity contribution in [3.8, 4) is 0 Å². The highest BCUT2D eigenvalue weighted by Gasteiger charge is 2.44. The van der Waals surface area contributed by atoms with Gasteiger partial charge in [0.15, 0.2) is 0 Å². The Morgan fingerprint density at radius 3 is 2.28 bits per heavy atom. The zero-order chi connectivity index (χ0) is 25.4. The number of nitrogens with zero attached hydrogens (tertiary/aromatic N) is 4. The van der Waals surface area contributed by atoms with Crippen LogP contribution in [0, 0.1) is 0 Å². The topological polar surface area (TPSA) is 99.6 Å². The number of hydrazine groups is 1. The number of anilines is 1. The fourth-order valence-electron chi connectivity index (χ4n) is 5.31. The molecule has 0 aliphatic carbocycles.